The van der Waals surface area contributed by atoms with Crippen LogP contribution >= 0.6 is 0 Å². The molecule has 4 atom stereocenters. The lowest BCUT2D eigenvalue weighted by atomic mass is 9.53. The first-order valence-corrected chi connectivity index (χ1v) is 13.0. The predicted molar refractivity (Wildman–Crippen MR) is 138 cm³/mol. The van der Waals surface area contributed by atoms with Crippen molar-refractivity contribution >= 4 is 11.6 Å². The number of amides is 1. The average molecular weight is 507 g/mol. The van der Waals surface area contributed by atoms with Crippen LogP contribution in [0.15, 0.2) is 47.7 Å². The Balaban J connectivity index is 1.39. The maximum absolute atomic E-state index is 13.2. The van der Waals surface area contributed by atoms with Gasteiger partial charge < -0.3 is 30.1 Å². The van der Waals surface area contributed by atoms with Gasteiger partial charge in [-0.05, 0) is 87.9 Å². The van der Waals surface area contributed by atoms with Crippen LogP contribution in [0.25, 0.3) is 0 Å². The maximum Gasteiger partial charge on any atom is 0.254 e. The maximum atomic E-state index is 13.2. The second kappa shape index (κ2) is 8.39. The van der Waals surface area contributed by atoms with Gasteiger partial charge >= 0.3 is 0 Å². The van der Waals surface area contributed by atoms with Gasteiger partial charge in [0.05, 0.1) is 23.7 Å². The fourth-order valence-corrected chi connectivity index (χ4v) is 6.78. The van der Waals surface area contributed by atoms with Crippen LogP contribution < -0.4 is 14.8 Å². The number of fused-ring (bicyclic) bond motifs is 1. The van der Waals surface area contributed by atoms with Crippen molar-refractivity contribution in [2.45, 2.75) is 62.7 Å². The summed E-state index contributed by atoms with van der Waals surface area (Å²) in [7, 11) is 1.57. The summed E-state index contributed by atoms with van der Waals surface area (Å²) < 4.78 is 11.5. The Bertz CT molecular complexity index is 1280. The Morgan fingerprint density at radius 1 is 1.22 bits per heavy atom. The molecule has 196 valence electrons. The number of hydrogen-bond acceptors (Lipinski definition) is 7. The molecular weight excluding hydrogens is 472 g/mol. The van der Waals surface area contributed by atoms with Crippen molar-refractivity contribution in [2.75, 3.05) is 25.5 Å². The molecule has 2 aliphatic heterocycles. The van der Waals surface area contributed by atoms with Gasteiger partial charge in [0.25, 0.3) is 5.91 Å². The number of methoxy groups -OCH3 is 1. The van der Waals surface area contributed by atoms with Crippen molar-refractivity contribution in [3.8, 4) is 17.2 Å². The van der Waals surface area contributed by atoms with E-state index in [1.807, 2.05) is 13.0 Å². The summed E-state index contributed by atoms with van der Waals surface area (Å²) >= 11 is 0. The highest BCUT2D eigenvalue weighted by Crippen LogP contribution is 2.63. The van der Waals surface area contributed by atoms with Crippen LogP contribution in [0, 0.1) is 5.92 Å². The number of nitrogens with one attached hydrogen (secondary N) is 1. The highest BCUT2D eigenvalue weighted by Gasteiger charge is 2.69. The number of phenols is 1. The SMILES string of the molecule is COc1ccc(NC(=O)/C(C)=C(\O)[C@@H]2Oc3c(O)ccc4c3[C@@]23CCN(CC2CC2)[C@H](C4)[C@@]3(C)O)cc1. The first-order chi connectivity index (χ1) is 17.7. The molecule has 2 aliphatic carbocycles. The molecule has 0 unspecified atom stereocenters. The number of piperidine rings is 1. The largest absolute Gasteiger partial charge is 0.508 e. The fourth-order valence-electron chi connectivity index (χ4n) is 6.78. The molecule has 2 heterocycles. The van der Waals surface area contributed by atoms with Crippen LogP contribution in [0.3, 0.4) is 0 Å². The van der Waals surface area contributed by atoms with Gasteiger partial charge in [-0.1, -0.05) is 6.07 Å². The Morgan fingerprint density at radius 2 is 1.95 bits per heavy atom. The minimum atomic E-state index is -1.25. The summed E-state index contributed by atoms with van der Waals surface area (Å²) in [5.41, 5.74) is 0.190. The Kier molecular flexibility index (Phi) is 5.47. The number of aromatic hydroxyl groups is 1. The van der Waals surface area contributed by atoms with E-state index in [1.165, 1.54) is 12.8 Å². The van der Waals surface area contributed by atoms with E-state index in [0.717, 1.165) is 24.2 Å². The van der Waals surface area contributed by atoms with E-state index in [4.69, 9.17) is 9.47 Å². The minimum absolute atomic E-state index is 0.0246. The van der Waals surface area contributed by atoms with E-state index in [-0.39, 0.29) is 23.1 Å². The molecule has 8 heteroatoms. The monoisotopic (exact) mass is 506 g/mol. The number of rotatable bonds is 6. The zero-order chi connectivity index (χ0) is 26.1. The number of aliphatic hydroxyl groups is 2. The van der Waals surface area contributed by atoms with Crippen LogP contribution in [-0.2, 0) is 16.6 Å². The predicted octanol–water partition coefficient (Wildman–Crippen LogP) is 3.66. The van der Waals surface area contributed by atoms with Crippen molar-refractivity contribution in [1.29, 1.82) is 0 Å². The molecule has 4 aliphatic rings. The van der Waals surface area contributed by atoms with Gasteiger partial charge in [-0.25, -0.2) is 0 Å². The van der Waals surface area contributed by atoms with Crippen LogP contribution in [0.4, 0.5) is 5.69 Å². The van der Waals surface area contributed by atoms with Gasteiger partial charge in [0, 0.05) is 23.8 Å². The molecular formula is C29H34N2O6. The number of carbonyl (C=O) groups is 1. The highest BCUT2D eigenvalue weighted by atomic mass is 16.5. The van der Waals surface area contributed by atoms with Gasteiger partial charge in [0.15, 0.2) is 17.6 Å². The second-order valence-electron chi connectivity index (χ2n) is 11.2. The molecule has 4 N–H and O–H groups in total. The number of benzene rings is 2. The molecule has 1 saturated heterocycles. The molecule has 6 rings (SSSR count). The zero-order valence-electron chi connectivity index (χ0n) is 21.5. The third kappa shape index (κ3) is 3.53. The number of hydrogen-bond donors (Lipinski definition) is 4. The lowest BCUT2D eigenvalue weighted by molar-refractivity contribution is -0.153. The van der Waals surface area contributed by atoms with E-state index in [0.29, 0.717) is 35.9 Å². The Morgan fingerprint density at radius 3 is 2.62 bits per heavy atom. The van der Waals surface area contributed by atoms with E-state index < -0.39 is 23.0 Å². The molecule has 8 nitrogen and oxygen atoms in total. The highest BCUT2D eigenvalue weighted by molar-refractivity contribution is 6.03. The second-order valence-corrected chi connectivity index (χ2v) is 11.2. The molecule has 2 aromatic rings. The molecule has 0 aromatic heterocycles. The average Bonchev–Trinajstić information content (AvgIpc) is 3.62. The van der Waals surface area contributed by atoms with Crippen LogP contribution in [0.1, 0.15) is 44.2 Å². The van der Waals surface area contributed by atoms with E-state index in [2.05, 4.69) is 10.2 Å². The molecule has 1 amide bonds. The molecule has 2 bridgehead atoms. The van der Waals surface area contributed by atoms with Crippen LogP contribution in [0.2, 0.25) is 0 Å². The van der Waals surface area contributed by atoms with E-state index in [1.54, 1.807) is 44.4 Å². The summed E-state index contributed by atoms with van der Waals surface area (Å²) in [5.74, 6) is 0.914. The first kappa shape index (κ1) is 24.1. The fraction of sp³-hybridized carbons (Fsp3) is 0.483. The van der Waals surface area contributed by atoms with Crippen molar-refractivity contribution < 1.29 is 29.6 Å². The molecule has 1 spiro atoms. The number of aliphatic hydroxyl groups excluding tert-OH is 1. The smallest absolute Gasteiger partial charge is 0.254 e. The van der Waals surface area contributed by atoms with E-state index in [9.17, 15) is 20.1 Å². The van der Waals surface area contributed by atoms with Crippen molar-refractivity contribution in [1.82, 2.24) is 4.90 Å². The van der Waals surface area contributed by atoms with Gasteiger partial charge in [0.1, 0.15) is 11.5 Å². The number of carbonyl (C=O) groups excluding carboxylic acids is 1. The molecule has 1 saturated carbocycles. The molecule has 37 heavy (non-hydrogen) atoms. The Hall–Kier alpha value is -3.23. The van der Waals surface area contributed by atoms with Crippen molar-refractivity contribution in [3.63, 3.8) is 0 Å². The quantitative estimate of drug-likeness (QED) is 0.350. The third-order valence-electron chi connectivity index (χ3n) is 9.06. The van der Waals surface area contributed by atoms with Crippen LogP contribution in [0.5, 0.6) is 17.2 Å². The third-order valence-corrected chi connectivity index (χ3v) is 9.06. The number of ether oxygens (including phenoxy) is 2. The lowest BCUT2D eigenvalue weighted by Crippen LogP contribution is -2.73. The van der Waals surface area contributed by atoms with Crippen molar-refractivity contribution in [2.24, 2.45) is 5.92 Å². The summed E-state index contributed by atoms with van der Waals surface area (Å²) in [6.07, 6.45) is 2.62. The summed E-state index contributed by atoms with van der Waals surface area (Å²) in [6.45, 7) is 5.08. The summed E-state index contributed by atoms with van der Waals surface area (Å²) in [4.78, 5) is 15.5. The van der Waals surface area contributed by atoms with Crippen LogP contribution in [-0.4, -0.2) is 64.1 Å². The molecule has 2 aromatic carbocycles. The number of likely N-dealkylation sites (tertiary alicyclic amines) is 1. The molecule has 0 radical (unpaired) electrons. The van der Waals surface area contributed by atoms with E-state index >= 15 is 0 Å². The Labute approximate surface area is 216 Å². The molecule has 2 fully saturated rings. The van der Waals surface area contributed by atoms with Gasteiger partial charge in [0.2, 0.25) is 0 Å². The van der Waals surface area contributed by atoms with Gasteiger partial charge in [-0.15, -0.1) is 0 Å². The van der Waals surface area contributed by atoms with Crippen molar-refractivity contribution in [3.05, 3.63) is 58.9 Å². The topological polar surface area (TPSA) is 111 Å². The van der Waals surface area contributed by atoms with Gasteiger partial charge in [-0.3, -0.25) is 9.69 Å². The zero-order valence-corrected chi connectivity index (χ0v) is 21.5. The number of phenolic OH excluding ortho intramolecular Hbond substituents is 1. The standard InChI is InChI=1S/C29H34N2O6/c1-16(27(34)30-19-7-9-20(36-3)10-8-19)24(33)26-29-12-13-31(15-17-4-5-17)22(28(29,2)35)14-18-6-11-21(32)25(37-26)23(18)29/h6-11,17,22,26,32-33,35H,4-5,12-15H2,1-3H3,(H,30,34)/b24-16-/t22-,26+,28-,29+/m1/s1. The normalized spacial score (nSPS) is 30.7. The van der Waals surface area contributed by atoms with Gasteiger partial charge in [-0.2, -0.15) is 0 Å². The number of nitrogens with zero attached hydrogens (tertiary/aromatic N) is 1. The summed E-state index contributed by atoms with van der Waals surface area (Å²) in [5, 5.41) is 37.3. The minimum Gasteiger partial charge on any atom is -0.508 e. The number of anilines is 1. The first-order valence-electron chi connectivity index (χ1n) is 13.0. The summed E-state index contributed by atoms with van der Waals surface area (Å²) in [6, 6.07) is 10.3. The lowest BCUT2D eigenvalue weighted by Gasteiger charge is -2.59.